The third-order valence-electron chi connectivity index (χ3n) is 3.79. The van der Waals surface area contributed by atoms with Crippen LogP contribution < -0.4 is 0 Å². The molecule has 0 saturated carbocycles. The van der Waals surface area contributed by atoms with E-state index in [2.05, 4.69) is 22.0 Å². The summed E-state index contributed by atoms with van der Waals surface area (Å²) < 4.78 is 0. The van der Waals surface area contributed by atoms with Crippen molar-refractivity contribution in [2.75, 3.05) is 19.6 Å². The van der Waals surface area contributed by atoms with Gasteiger partial charge in [-0.2, -0.15) is 0 Å². The summed E-state index contributed by atoms with van der Waals surface area (Å²) in [5.74, 6) is 1.71. The highest BCUT2D eigenvalue weighted by Crippen LogP contribution is 2.38. The Morgan fingerprint density at radius 3 is 2.43 bits per heavy atom. The van der Waals surface area contributed by atoms with Crippen molar-refractivity contribution in [1.29, 1.82) is 0 Å². The van der Waals surface area contributed by atoms with Gasteiger partial charge in [0.1, 0.15) is 0 Å². The van der Waals surface area contributed by atoms with Gasteiger partial charge in [0.15, 0.2) is 0 Å². The number of aromatic nitrogens is 1. The molecular weight excluding hydrogens is 172 g/mol. The number of hydrogen-bond donors (Lipinski definition) is 0. The van der Waals surface area contributed by atoms with Gasteiger partial charge in [-0.05, 0) is 55.5 Å². The van der Waals surface area contributed by atoms with E-state index in [1.807, 2.05) is 12.4 Å². The molecule has 1 unspecified atom stereocenters. The molecule has 0 spiro atoms. The quantitative estimate of drug-likeness (QED) is 0.669. The van der Waals surface area contributed by atoms with Crippen LogP contribution in [-0.4, -0.2) is 29.5 Å². The van der Waals surface area contributed by atoms with Gasteiger partial charge >= 0.3 is 0 Å². The van der Waals surface area contributed by atoms with Crippen molar-refractivity contribution >= 4 is 0 Å². The molecule has 1 aromatic rings. The summed E-state index contributed by atoms with van der Waals surface area (Å²) in [6, 6.07) is 4.37. The maximum Gasteiger partial charge on any atom is 0.0270 e. The fraction of sp³-hybridized carbons (Fsp3) is 0.583. The first-order chi connectivity index (χ1) is 6.93. The number of pyridine rings is 1. The van der Waals surface area contributed by atoms with Crippen molar-refractivity contribution in [2.45, 2.75) is 18.8 Å². The monoisotopic (exact) mass is 188 g/mol. The predicted octanol–water partition coefficient (Wildman–Crippen LogP) is 1.89. The summed E-state index contributed by atoms with van der Waals surface area (Å²) >= 11 is 0. The Bertz CT molecular complexity index is 301. The smallest absolute Gasteiger partial charge is 0.0270 e. The number of rotatable bonds is 1. The minimum absolute atomic E-state index is 0.778. The third-order valence-corrected chi connectivity index (χ3v) is 3.79. The van der Waals surface area contributed by atoms with Crippen LogP contribution in [0.5, 0.6) is 0 Å². The Hall–Kier alpha value is -0.890. The predicted molar refractivity (Wildman–Crippen MR) is 56.1 cm³/mol. The molecule has 3 fully saturated rings. The number of fused-ring (bicyclic) bond motifs is 3. The summed E-state index contributed by atoms with van der Waals surface area (Å²) in [6.07, 6.45) is 6.64. The fourth-order valence-electron chi connectivity index (χ4n) is 2.95. The summed E-state index contributed by atoms with van der Waals surface area (Å²) in [4.78, 5) is 6.69. The highest BCUT2D eigenvalue weighted by Gasteiger charge is 2.34. The number of hydrogen-bond acceptors (Lipinski definition) is 2. The molecule has 0 radical (unpaired) electrons. The van der Waals surface area contributed by atoms with Crippen LogP contribution in [0, 0.1) is 5.92 Å². The molecule has 1 atom stereocenters. The third kappa shape index (κ3) is 1.34. The van der Waals surface area contributed by atoms with Crippen LogP contribution in [0.3, 0.4) is 0 Å². The lowest BCUT2D eigenvalue weighted by Gasteiger charge is -2.45. The topological polar surface area (TPSA) is 16.1 Å². The van der Waals surface area contributed by atoms with Gasteiger partial charge in [0, 0.05) is 18.9 Å². The number of piperidine rings is 3. The van der Waals surface area contributed by atoms with Crippen molar-refractivity contribution in [3.05, 3.63) is 30.1 Å². The molecule has 2 bridgehead atoms. The molecule has 4 rings (SSSR count). The normalized spacial score (nSPS) is 35.9. The van der Waals surface area contributed by atoms with Gasteiger partial charge in [-0.1, -0.05) is 0 Å². The second-order valence-electron chi connectivity index (χ2n) is 4.53. The molecule has 3 aliphatic heterocycles. The van der Waals surface area contributed by atoms with E-state index in [-0.39, 0.29) is 0 Å². The lowest BCUT2D eigenvalue weighted by atomic mass is 9.76. The number of nitrogens with zero attached hydrogens (tertiary/aromatic N) is 2. The molecule has 3 saturated heterocycles. The second kappa shape index (κ2) is 3.35. The summed E-state index contributed by atoms with van der Waals surface area (Å²) in [7, 11) is 0. The molecular formula is C12H16N2. The molecule has 0 aliphatic carbocycles. The van der Waals surface area contributed by atoms with Crippen LogP contribution in [0.25, 0.3) is 0 Å². The average molecular weight is 188 g/mol. The first-order valence-corrected chi connectivity index (χ1v) is 5.56. The van der Waals surface area contributed by atoms with Gasteiger partial charge in [-0.15, -0.1) is 0 Å². The minimum atomic E-state index is 0.778. The maximum atomic E-state index is 4.09. The Labute approximate surface area is 85.0 Å². The lowest BCUT2D eigenvalue weighted by Crippen LogP contribution is -2.46. The van der Waals surface area contributed by atoms with Crippen LogP contribution >= 0.6 is 0 Å². The molecule has 0 amide bonds. The van der Waals surface area contributed by atoms with E-state index >= 15 is 0 Å². The average Bonchev–Trinajstić information content (AvgIpc) is 2.32. The zero-order valence-electron chi connectivity index (χ0n) is 8.39. The van der Waals surface area contributed by atoms with Gasteiger partial charge in [0.2, 0.25) is 0 Å². The van der Waals surface area contributed by atoms with Crippen molar-refractivity contribution in [3.8, 4) is 0 Å². The first-order valence-electron chi connectivity index (χ1n) is 5.56. The molecule has 74 valence electrons. The largest absolute Gasteiger partial charge is 0.303 e. The van der Waals surface area contributed by atoms with Crippen LogP contribution in [-0.2, 0) is 0 Å². The van der Waals surface area contributed by atoms with E-state index < -0.39 is 0 Å². The van der Waals surface area contributed by atoms with E-state index in [0.29, 0.717) is 0 Å². The molecule has 14 heavy (non-hydrogen) atoms. The van der Waals surface area contributed by atoms with E-state index in [4.69, 9.17) is 0 Å². The van der Waals surface area contributed by atoms with Crippen molar-refractivity contribution in [2.24, 2.45) is 5.92 Å². The van der Waals surface area contributed by atoms with Gasteiger partial charge in [-0.25, -0.2) is 0 Å². The highest BCUT2D eigenvalue weighted by atomic mass is 15.1. The summed E-state index contributed by atoms with van der Waals surface area (Å²) in [6.45, 7) is 3.92. The van der Waals surface area contributed by atoms with E-state index in [0.717, 1.165) is 11.8 Å². The lowest BCUT2D eigenvalue weighted by molar-refractivity contribution is 0.0871. The van der Waals surface area contributed by atoms with Crippen LogP contribution in [0.2, 0.25) is 0 Å². The van der Waals surface area contributed by atoms with Crippen LogP contribution in [0.15, 0.2) is 24.5 Å². The van der Waals surface area contributed by atoms with Gasteiger partial charge in [0.05, 0.1) is 0 Å². The van der Waals surface area contributed by atoms with Gasteiger partial charge in [-0.3, -0.25) is 4.98 Å². The Morgan fingerprint density at radius 2 is 1.86 bits per heavy atom. The van der Waals surface area contributed by atoms with Crippen LogP contribution in [0.1, 0.15) is 24.3 Å². The van der Waals surface area contributed by atoms with E-state index in [1.54, 1.807) is 0 Å². The van der Waals surface area contributed by atoms with Gasteiger partial charge in [0.25, 0.3) is 0 Å². The zero-order valence-corrected chi connectivity index (χ0v) is 8.39. The molecule has 1 aromatic heterocycles. The molecule has 0 aromatic carbocycles. The van der Waals surface area contributed by atoms with E-state index in [9.17, 15) is 0 Å². The molecule has 0 N–H and O–H groups in total. The minimum Gasteiger partial charge on any atom is -0.303 e. The molecule has 2 heteroatoms. The molecule has 2 nitrogen and oxygen atoms in total. The standard InChI is InChI=1S/C12H16N2/c1-5-13-6-2-10(1)12-9-14-7-3-11(12)4-8-14/h1-2,5-6,11-12H,3-4,7-9H2. The Kier molecular flexibility index (Phi) is 2.02. The summed E-state index contributed by atoms with van der Waals surface area (Å²) in [5, 5.41) is 0. The van der Waals surface area contributed by atoms with Crippen molar-refractivity contribution in [1.82, 2.24) is 9.88 Å². The van der Waals surface area contributed by atoms with Crippen molar-refractivity contribution < 1.29 is 0 Å². The first kappa shape index (κ1) is 8.42. The molecule has 3 aliphatic rings. The molecule has 4 heterocycles. The summed E-state index contributed by atoms with van der Waals surface area (Å²) in [5.41, 5.74) is 1.49. The maximum absolute atomic E-state index is 4.09. The zero-order chi connectivity index (χ0) is 9.38. The second-order valence-corrected chi connectivity index (χ2v) is 4.53. The highest BCUT2D eigenvalue weighted by molar-refractivity contribution is 5.19. The van der Waals surface area contributed by atoms with Crippen LogP contribution in [0.4, 0.5) is 0 Å². The SMILES string of the molecule is c1cc(C2CN3CCC2CC3)ccn1. The fourth-order valence-corrected chi connectivity index (χ4v) is 2.95. The van der Waals surface area contributed by atoms with Crippen molar-refractivity contribution in [3.63, 3.8) is 0 Å². The Balaban J connectivity index is 1.86. The van der Waals surface area contributed by atoms with Gasteiger partial charge < -0.3 is 4.90 Å². The van der Waals surface area contributed by atoms with E-state index in [1.165, 1.54) is 38.0 Å². The Morgan fingerprint density at radius 1 is 1.14 bits per heavy atom.